The summed E-state index contributed by atoms with van der Waals surface area (Å²) in [5, 5.41) is 0. The van der Waals surface area contributed by atoms with Crippen molar-refractivity contribution in [1.82, 2.24) is 4.90 Å². The molecule has 1 fully saturated rings. The van der Waals surface area contributed by atoms with Gasteiger partial charge >= 0.3 is 0 Å². The normalized spacial score (nSPS) is 20.7. The predicted octanol–water partition coefficient (Wildman–Crippen LogP) is 2.94. The summed E-state index contributed by atoms with van der Waals surface area (Å²) in [5.74, 6) is 2.58. The maximum absolute atomic E-state index is 5.45. The largest absolute Gasteiger partial charge is 0.497 e. The molecule has 0 aromatic heterocycles. The van der Waals surface area contributed by atoms with E-state index in [2.05, 4.69) is 17.9 Å². The van der Waals surface area contributed by atoms with Crippen LogP contribution < -0.4 is 9.47 Å². The van der Waals surface area contributed by atoms with Crippen molar-refractivity contribution >= 4 is 0 Å². The molecule has 0 bridgehead atoms. The minimum atomic E-state index is 0.808. The molecule has 1 heterocycles. The van der Waals surface area contributed by atoms with Gasteiger partial charge in [-0.25, -0.2) is 0 Å². The molecule has 3 nitrogen and oxygen atoms in total. The molecule has 0 aliphatic carbocycles. The van der Waals surface area contributed by atoms with Crippen molar-refractivity contribution < 1.29 is 9.47 Å². The highest BCUT2D eigenvalue weighted by molar-refractivity contribution is 5.40. The summed E-state index contributed by atoms with van der Waals surface area (Å²) in [7, 11) is 3.40. The fourth-order valence-corrected chi connectivity index (χ4v) is 2.65. The fraction of sp³-hybridized carbons (Fsp3) is 0.600. The van der Waals surface area contributed by atoms with Crippen molar-refractivity contribution in [3.05, 3.63) is 23.8 Å². The maximum atomic E-state index is 5.45. The average Bonchev–Trinajstić information content (AvgIpc) is 2.39. The molecule has 1 aromatic rings. The molecule has 1 atom stereocenters. The van der Waals surface area contributed by atoms with Crippen LogP contribution in [0.5, 0.6) is 11.5 Å². The van der Waals surface area contributed by atoms with Gasteiger partial charge in [-0.15, -0.1) is 0 Å². The molecule has 0 saturated carbocycles. The number of piperidine rings is 1. The van der Waals surface area contributed by atoms with Gasteiger partial charge in [0.05, 0.1) is 14.2 Å². The van der Waals surface area contributed by atoms with E-state index in [0.717, 1.165) is 24.0 Å². The highest BCUT2D eigenvalue weighted by Gasteiger charge is 2.17. The molecule has 18 heavy (non-hydrogen) atoms. The maximum Gasteiger partial charge on any atom is 0.127 e. The Morgan fingerprint density at radius 2 is 2.11 bits per heavy atom. The van der Waals surface area contributed by atoms with Crippen LogP contribution in [0.3, 0.4) is 0 Å². The molecule has 0 amide bonds. The van der Waals surface area contributed by atoms with Crippen LogP contribution in [0.2, 0.25) is 0 Å². The number of benzene rings is 1. The Morgan fingerprint density at radius 1 is 1.28 bits per heavy atom. The number of hydrogen-bond acceptors (Lipinski definition) is 3. The van der Waals surface area contributed by atoms with Gasteiger partial charge in [-0.3, -0.25) is 4.90 Å². The van der Waals surface area contributed by atoms with Gasteiger partial charge in [0.1, 0.15) is 11.5 Å². The lowest BCUT2D eigenvalue weighted by Gasteiger charge is -2.31. The summed E-state index contributed by atoms with van der Waals surface area (Å²) in [6, 6.07) is 6.07. The van der Waals surface area contributed by atoms with Gasteiger partial charge in [0.2, 0.25) is 0 Å². The van der Waals surface area contributed by atoms with Gasteiger partial charge in [0.25, 0.3) is 0 Å². The van der Waals surface area contributed by atoms with E-state index >= 15 is 0 Å². The van der Waals surface area contributed by atoms with E-state index in [1.54, 1.807) is 14.2 Å². The Hall–Kier alpha value is -1.22. The summed E-state index contributed by atoms with van der Waals surface area (Å²) < 4.78 is 10.7. The molecule has 0 spiro atoms. The molecular weight excluding hydrogens is 226 g/mol. The molecule has 0 unspecified atom stereocenters. The Balaban J connectivity index is 2.08. The van der Waals surface area contributed by atoms with E-state index in [1.165, 1.54) is 31.5 Å². The van der Waals surface area contributed by atoms with Crippen LogP contribution in [0.15, 0.2) is 18.2 Å². The first-order valence-electron chi connectivity index (χ1n) is 6.66. The zero-order valence-electron chi connectivity index (χ0n) is 11.6. The first kappa shape index (κ1) is 13.2. The van der Waals surface area contributed by atoms with Gasteiger partial charge in [-0.2, -0.15) is 0 Å². The quantitative estimate of drug-likeness (QED) is 0.819. The third-order valence-corrected chi connectivity index (χ3v) is 3.63. The van der Waals surface area contributed by atoms with Crippen LogP contribution in [0.25, 0.3) is 0 Å². The van der Waals surface area contributed by atoms with Crippen LogP contribution in [-0.2, 0) is 6.54 Å². The van der Waals surface area contributed by atoms with Crippen molar-refractivity contribution in [3.63, 3.8) is 0 Å². The van der Waals surface area contributed by atoms with E-state index in [-0.39, 0.29) is 0 Å². The molecule has 0 radical (unpaired) electrons. The van der Waals surface area contributed by atoms with Crippen LogP contribution in [0, 0.1) is 5.92 Å². The number of nitrogens with zero attached hydrogens (tertiary/aromatic N) is 1. The van der Waals surface area contributed by atoms with E-state index in [0.29, 0.717) is 0 Å². The van der Waals surface area contributed by atoms with Gasteiger partial charge in [0.15, 0.2) is 0 Å². The zero-order valence-corrected chi connectivity index (χ0v) is 11.6. The first-order valence-corrected chi connectivity index (χ1v) is 6.66. The number of rotatable bonds is 4. The Bertz CT molecular complexity index is 392. The second-order valence-corrected chi connectivity index (χ2v) is 5.16. The van der Waals surface area contributed by atoms with Gasteiger partial charge in [-0.1, -0.05) is 13.0 Å². The smallest absolute Gasteiger partial charge is 0.127 e. The highest BCUT2D eigenvalue weighted by Crippen LogP contribution is 2.27. The van der Waals surface area contributed by atoms with Crippen molar-refractivity contribution in [1.29, 1.82) is 0 Å². The molecule has 1 saturated heterocycles. The molecule has 1 aliphatic rings. The second-order valence-electron chi connectivity index (χ2n) is 5.16. The number of likely N-dealkylation sites (tertiary alicyclic amines) is 1. The minimum absolute atomic E-state index is 0.808. The summed E-state index contributed by atoms with van der Waals surface area (Å²) in [6.07, 6.45) is 2.66. The second kappa shape index (κ2) is 6.10. The van der Waals surface area contributed by atoms with Crippen molar-refractivity contribution in [2.45, 2.75) is 26.3 Å². The van der Waals surface area contributed by atoms with Crippen molar-refractivity contribution in [2.24, 2.45) is 5.92 Å². The summed E-state index contributed by atoms with van der Waals surface area (Å²) in [6.45, 7) is 5.68. The van der Waals surface area contributed by atoms with Crippen LogP contribution >= 0.6 is 0 Å². The highest BCUT2D eigenvalue weighted by atomic mass is 16.5. The number of methoxy groups -OCH3 is 2. The summed E-state index contributed by atoms with van der Waals surface area (Å²) in [5.41, 5.74) is 1.24. The Kier molecular flexibility index (Phi) is 4.48. The van der Waals surface area contributed by atoms with E-state index in [9.17, 15) is 0 Å². The minimum Gasteiger partial charge on any atom is -0.497 e. The van der Waals surface area contributed by atoms with Gasteiger partial charge in [0, 0.05) is 24.7 Å². The van der Waals surface area contributed by atoms with Crippen LogP contribution in [-0.4, -0.2) is 32.2 Å². The summed E-state index contributed by atoms with van der Waals surface area (Å²) >= 11 is 0. The Labute approximate surface area is 110 Å². The zero-order chi connectivity index (χ0) is 13.0. The lowest BCUT2D eigenvalue weighted by Crippen LogP contribution is -2.33. The van der Waals surface area contributed by atoms with Crippen LogP contribution in [0.4, 0.5) is 0 Å². The predicted molar refractivity (Wildman–Crippen MR) is 73.2 cm³/mol. The molecule has 3 heteroatoms. The monoisotopic (exact) mass is 249 g/mol. The number of ether oxygens (including phenoxy) is 2. The first-order chi connectivity index (χ1) is 8.72. The van der Waals surface area contributed by atoms with E-state index in [4.69, 9.17) is 9.47 Å². The third-order valence-electron chi connectivity index (χ3n) is 3.63. The molecule has 100 valence electrons. The molecule has 2 rings (SSSR count). The Morgan fingerprint density at radius 3 is 2.78 bits per heavy atom. The lowest BCUT2D eigenvalue weighted by atomic mass is 9.99. The molecule has 1 aromatic carbocycles. The topological polar surface area (TPSA) is 21.7 Å². The van der Waals surface area contributed by atoms with Gasteiger partial charge < -0.3 is 9.47 Å². The SMILES string of the molecule is COc1ccc(CN2CCC[C@H](C)C2)c(OC)c1. The third kappa shape index (κ3) is 3.16. The van der Waals surface area contributed by atoms with E-state index in [1.807, 2.05) is 12.1 Å². The standard InChI is InChI=1S/C15H23NO2/c1-12-5-4-8-16(10-12)11-13-6-7-14(17-2)9-15(13)18-3/h6-7,9,12H,4-5,8,10-11H2,1-3H3/t12-/m0/s1. The van der Waals surface area contributed by atoms with Crippen molar-refractivity contribution in [2.75, 3.05) is 27.3 Å². The number of hydrogen-bond donors (Lipinski definition) is 0. The fourth-order valence-electron chi connectivity index (χ4n) is 2.65. The average molecular weight is 249 g/mol. The molecular formula is C15H23NO2. The van der Waals surface area contributed by atoms with Crippen molar-refractivity contribution in [3.8, 4) is 11.5 Å². The van der Waals surface area contributed by atoms with Crippen LogP contribution in [0.1, 0.15) is 25.3 Å². The lowest BCUT2D eigenvalue weighted by molar-refractivity contribution is 0.175. The molecule has 0 N–H and O–H groups in total. The van der Waals surface area contributed by atoms with E-state index < -0.39 is 0 Å². The molecule has 1 aliphatic heterocycles. The summed E-state index contributed by atoms with van der Waals surface area (Å²) in [4.78, 5) is 2.51. The van der Waals surface area contributed by atoms with Gasteiger partial charge in [-0.05, 0) is 31.4 Å².